The van der Waals surface area contributed by atoms with Crippen molar-refractivity contribution in [2.24, 2.45) is 5.92 Å². The molecule has 2 heterocycles. The predicted octanol–water partition coefficient (Wildman–Crippen LogP) is 3.14. The van der Waals surface area contributed by atoms with Crippen LogP contribution in [0.25, 0.3) is 0 Å². The van der Waals surface area contributed by atoms with Gasteiger partial charge in [0.25, 0.3) is 5.91 Å². The van der Waals surface area contributed by atoms with Crippen molar-refractivity contribution in [1.29, 1.82) is 0 Å². The normalized spacial score (nSPS) is 18.5. The van der Waals surface area contributed by atoms with Crippen LogP contribution in [0.2, 0.25) is 5.02 Å². The lowest BCUT2D eigenvalue weighted by atomic mass is 10.1. The van der Waals surface area contributed by atoms with Gasteiger partial charge in [0.05, 0.1) is 12.3 Å². The van der Waals surface area contributed by atoms with Crippen molar-refractivity contribution in [3.63, 3.8) is 0 Å². The Morgan fingerprint density at radius 2 is 2.04 bits per heavy atom. The summed E-state index contributed by atoms with van der Waals surface area (Å²) >= 11 is 6.10. The number of amides is 2. The van der Waals surface area contributed by atoms with Gasteiger partial charge in [0, 0.05) is 29.8 Å². The zero-order valence-electron chi connectivity index (χ0n) is 15.3. The number of hydrogen-bond acceptors (Lipinski definition) is 4. The highest BCUT2D eigenvalue weighted by molar-refractivity contribution is 6.31. The first-order chi connectivity index (χ1) is 13.6. The monoisotopic (exact) mass is 400 g/mol. The molecular weight excluding hydrogens is 380 g/mol. The summed E-state index contributed by atoms with van der Waals surface area (Å²) < 4.78 is 10.9. The fourth-order valence-corrected chi connectivity index (χ4v) is 3.68. The number of ether oxygens (including phenoxy) is 2. The van der Waals surface area contributed by atoms with E-state index in [0.29, 0.717) is 29.6 Å². The maximum Gasteiger partial charge on any atom is 0.265 e. The molecule has 1 saturated heterocycles. The Morgan fingerprint density at radius 3 is 2.79 bits per heavy atom. The molecule has 0 unspecified atom stereocenters. The van der Waals surface area contributed by atoms with Crippen molar-refractivity contribution in [3.8, 4) is 5.75 Å². The van der Waals surface area contributed by atoms with Crippen molar-refractivity contribution in [2.45, 2.75) is 6.42 Å². The van der Waals surface area contributed by atoms with Crippen molar-refractivity contribution >= 4 is 34.8 Å². The van der Waals surface area contributed by atoms with Crippen LogP contribution in [0.15, 0.2) is 48.5 Å². The van der Waals surface area contributed by atoms with E-state index in [-0.39, 0.29) is 30.9 Å². The minimum Gasteiger partial charge on any atom is -0.482 e. The van der Waals surface area contributed by atoms with Gasteiger partial charge in [0.2, 0.25) is 5.91 Å². The third kappa shape index (κ3) is 3.98. The third-order valence-electron chi connectivity index (χ3n) is 4.99. The molecule has 0 saturated carbocycles. The van der Waals surface area contributed by atoms with Gasteiger partial charge in [-0.2, -0.15) is 0 Å². The average molecular weight is 401 g/mol. The molecule has 1 fully saturated rings. The van der Waals surface area contributed by atoms with E-state index in [1.807, 2.05) is 30.3 Å². The van der Waals surface area contributed by atoms with E-state index < -0.39 is 0 Å². The number of halogens is 1. The largest absolute Gasteiger partial charge is 0.482 e. The molecule has 0 N–H and O–H groups in total. The van der Waals surface area contributed by atoms with E-state index in [1.165, 1.54) is 4.90 Å². The van der Waals surface area contributed by atoms with Crippen LogP contribution in [0, 0.1) is 5.92 Å². The molecule has 7 heteroatoms. The van der Waals surface area contributed by atoms with Gasteiger partial charge in [0.1, 0.15) is 12.3 Å². The standard InChI is InChI=1S/C21H21ClN2O4/c22-16-6-7-19-18(10-16)24(21(26)14-28-19)12-20(25)23(11-15-8-9-27-13-15)17-4-2-1-3-5-17/h1-7,10,15H,8-9,11-14H2/t15-/m1/s1. The van der Waals surface area contributed by atoms with Gasteiger partial charge in [-0.25, -0.2) is 0 Å². The van der Waals surface area contributed by atoms with E-state index in [0.717, 1.165) is 18.7 Å². The second kappa shape index (κ2) is 8.20. The van der Waals surface area contributed by atoms with Gasteiger partial charge in [0.15, 0.2) is 6.61 Å². The molecule has 0 spiro atoms. The molecule has 0 aliphatic carbocycles. The highest BCUT2D eigenvalue weighted by atomic mass is 35.5. The first-order valence-corrected chi connectivity index (χ1v) is 9.65. The Hall–Kier alpha value is -2.57. The fraction of sp³-hybridized carbons (Fsp3) is 0.333. The second-order valence-electron chi connectivity index (χ2n) is 6.95. The van der Waals surface area contributed by atoms with Gasteiger partial charge in [-0.3, -0.25) is 14.5 Å². The smallest absolute Gasteiger partial charge is 0.265 e. The summed E-state index contributed by atoms with van der Waals surface area (Å²) in [6.45, 7) is 1.76. The number of hydrogen-bond donors (Lipinski definition) is 0. The van der Waals surface area contributed by atoms with Gasteiger partial charge < -0.3 is 14.4 Å². The Balaban J connectivity index is 1.59. The zero-order valence-corrected chi connectivity index (χ0v) is 16.1. The number of carbonyl (C=O) groups is 2. The van der Waals surface area contributed by atoms with Crippen LogP contribution in [-0.4, -0.2) is 44.7 Å². The maximum absolute atomic E-state index is 13.3. The van der Waals surface area contributed by atoms with Crippen LogP contribution in [0.3, 0.4) is 0 Å². The summed E-state index contributed by atoms with van der Waals surface area (Å²) in [4.78, 5) is 28.9. The third-order valence-corrected chi connectivity index (χ3v) is 5.23. The molecule has 0 bridgehead atoms. The van der Waals surface area contributed by atoms with Crippen molar-refractivity contribution < 1.29 is 19.1 Å². The molecule has 0 aromatic heterocycles. The number of para-hydroxylation sites is 1. The van der Waals surface area contributed by atoms with E-state index >= 15 is 0 Å². The molecule has 2 aromatic rings. The van der Waals surface area contributed by atoms with Crippen molar-refractivity contribution in [1.82, 2.24) is 0 Å². The van der Waals surface area contributed by atoms with E-state index in [2.05, 4.69) is 0 Å². The Bertz CT molecular complexity index is 868. The highest BCUT2D eigenvalue weighted by Crippen LogP contribution is 2.34. The first-order valence-electron chi connectivity index (χ1n) is 9.27. The zero-order chi connectivity index (χ0) is 19.5. The molecule has 146 valence electrons. The second-order valence-corrected chi connectivity index (χ2v) is 7.39. The predicted molar refractivity (Wildman–Crippen MR) is 107 cm³/mol. The SMILES string of the molecule is O=C(CN1C(=O)COc2ccc(Cl)cc21)N(C[C@H]1CCOC1)c1ccccc1. The topological polar surface area (TPSA) is 59.1 Å². The van der Waals surface area contributed by atoms with Crippen LogP contribution < -0.4 is 14.5 Å². The number of anilines is 2. The Morgan fingerprint density at radius 1 is 1.21 bits per heavy atom. The summed E-state index contributed by atoms with van der Waals surface area (Å²) in [7, 11) is 0. The number of carbonyl (C=O) groups excluding carboxylic acids is 2. The quantitative estimate of drug-likeness (QED) is 0.773. The molecular formula is C21H21ClN2O4. The maximum atomic E-state index is 13.3. The van der Waals surface area contributed by atoms with Gasteiger partial charge in [-0.05, 0) is 36.8 Å². The molecule has 1 atom stereocenters. The molecule has 2 amide bonds. The highest BCUT2D eigenvalue weighted by Gasteiger charge is 2.31. The molecule has 2 aliphatic heterocycles. The number of nitrogens with zero attached hydrogens (tertiary/aromatic N) is 2. The van der Waals surface area contributed by atoms with Gasteiger partial charge in [-0.15, -0.1) is 0 Å². The summed E-state index contributed by atoms with van der Waals surface area (Å²) in [5, 5.41) is 0.484. The molecule has 2 aromatic carbocycles. The minimum absolute atomic E-state index is 0.0714. The molecule has 28 heavy (non-hydrogen) atoms. The van der Waals surface area contributed by atoms with E-state index in [9.17, 15) is 9.59 Å². The summed E-state index contributed by atoms with van der Waals surface area (Å²) in [6, 6.07) is 14.6. The summed E-state index contributed by atoms with van der Waals surface area (Å²) in [6.07, 6.45) is 0.922. The first kappa shape index (κ1) is 18.8. The number of benzene rings is 2. The average Bonchev–Trinajstić information content (AvgIpc) is 3.22. The fourth-order valence-electron chi connectivity index (χ4n) is 3.51. The van der Waals surface area contributed by atoms with Crippen LogP contribution >= 0.6 is 11.6 Å². The number of fused-ring (bicyclic) bond motifs is 1. The molecule has 6 nitrogen and oxygen atoms in total. The summed E-state index contributed by atoms with van der Waals surface area (Å²) in [5.74, 6) is 0.415. The molecule has 2 aliphatic rings. The Labute approximate surface area is 168 Å². The van der Waals surface area contributed by atoms with Gasteiger partial charge in [-0.1, -0.05) is 29.8 Å². The lowest BCUT2D eigenvalue weighted by Gasteiger charge is -2.32. The number of rotatable bonds is 5. The molecule has 0 radical (unpaired) electrons. The Kier molecular flexibility index (Phi) is 5.50. The molecule has 4 rings (SSSR count). The van der Waals surface area contributed by atoms with Crippen LogP contribution in [-0.2, 0) is 14.3 Å². The van der Waals surface area contributed by atoms with Crippen LogP contribution in [0.5, 0.6) is 5.75 Å². The lowest BCUT2D eigenvalue weighted by Crippen LogP contribution is -2.47. The minimum atomic E-state index is -0.264. The lowest BCUT2D eigenvalue weighted by molar-refractivity contribution is -0.124. The van der Waals surface area contributed by atoms with E-state index in [4.69, 9.17) is 21.1 Å². The van der Waals surface area contributed by atoms with Crippen molar-refractivity contribution in [3.05, 3.63) is 53.6 Å². The van der Waals surface area contributed by atoms with Gasteiger partial charge >= 0.3 is 0 Å². The van der Waals surface area contributed by atoms with E-state index in [1.54, 1.807) is 23.1 Å². The summed E-state index contributed by atoms with van der Waals surface area (Å²) in [5.41, 5.74) is 1.33. The van der Waals surface area contributed by atoms with Crippen LogP contribution in [0.1, 0.15) is 6.42 Å². The van der Waals surface area contributed by atoms with Crippen molar-refractivity contribution in [2.75, 3.05) is 42.7 Å². The van der Waals surface area contributed by atoms with Crippen LogP contribution in [0.4, 0.5) is 11.4 Å².